The van der Waals surface area contributed by atoms with Crippen molar-refractivity contribution in [3.63, 3.8) is 0 Å². The first-order chi connectivity index (χ1) is 11.8. The molecule has 0 unspecified atom stereocenters. The van der Waals surface area contributed by atoms with Crippen LogP contribution in [0.25, 0.3) is 0 Å². The Morgan fingerprint density at radius 2 is 1.33 bits per heavy atom. The van der Waals surface area contributed by atoms with Gasteiger partial charge >= 0.3 is 0 Å². The largest absolute Gasteiger partial charge is 0.379 e. The molecular formula is C18H35NO5. The molecular weight excluding hydrogens is 310 g/mol. The van der Waals surface area contributed by atoms with E-state index in [4.69, 9.17) is 18.9 Å². The highest BCUT2D eigenvalue weighted by Crippen LogP contribution is 2.18. The Morgan fingerprint density at radius 1 is 0.833 bits per heavy atom. The SMILES string of the molecule is CCOCCOCCOCCOCCN1CCC(C(=O)CC)CC1. The summed E-state index contributed by atoms with van der Waals surface area (Å²) >= 11 is 0. The van der Waals surface area contributed by atoms with Crippen molar-refractivity contribution in [1.29, 1.82) is 0 Å². The van der Waals surface area contributed by atoms with E-state index >= 15 is 0 Å². The number of rotatable bonds is 15. The van der Waals surface area contributed by atoms with Gasteiger partial charge in [-0.1, -0.05) is 6.92 Å². The van der Waals surface area contributed by atoms with Gasteiger partial charge in [0.1, 0.15) is 5.78 Å². The molecule has 1 fully saturated rings. The van der Waals surface area contributed by atoms with Crippen molar-refractivity contribution in [2.75, 3.05) is 72.5 Å². The topological polar surface area (TPSA) is 57.2 Å². The summed E-state index contributed by atoms with van der Waals surface area (Å²) in [5.41, 5.74) is 0. The summed E-state index contributed by atoms with van der Waals surface area (Å²) in [5, 5.41) is 0. The molecule has 0 aliphatic carbocycles. The van der Waals surface area contributed by atoms with Crippen LogP contribution in [-0.2, 0) is 23.7 Å². The smallest absolute Gasteiger partial charge is 0.135 e. The Balaban J connectivity index is 1.82. The highest BCUT2D eigenvalue weighted by Gasteiger charge is 2.23. The van der Waals surface area contributed by atoms with Gasteiger partial charge in [-0.15, -0.1) is 0 Å². The van der Waals surface area contributed by atoms with Crippen molar-refractivity contribution in [2.24, 2.45) is 5.92 Å². The Bertz CT molecular complexity index is 306. The summed E-state index contributed by atoms with van der Waals surface area (Å²) in [7, 11) is 0. The Hall–Kier alpha value is -0.530. The number of likely N-dealkylation sites (tertiary alicyclic amines) is 1. The van der Waals surface area contributed by atoms with Crippen molar-refractivity contribution < 1.29 is 23.7 Å². The molecule has 6 nitrogen and oxygen atoms in total. The molecule has 1 rings (SSSR count). The number of hydrogen-bond acceptors (Lipinski definition) is 6. The number of Topliss-reactive ketones (excluding diaryl/α,β-unsaturated/α-hetero) is 1. The summed E-state index contributed by atoms with van der Waals surface area (Å²) in [6, 6.07) is 0. The summed E-state index contributed by atoms with van der Waals surface area (Å²) in [6.45, 7) is 12.0. The van der Waals surface area contributed by atoms with E-state index in [2.05, 4.69) is 4.90 Å². The van der Waals surface area contributed by atoms with Crippen molar-refractivity contribution in [2.45, 2.75) is 33.1 Å². The molecule has 0 saturated carbocycles. The Labute approximate surface area is 146 Å². The second-order valence-corrected chi connectivity index (χ2v) is 5.97. The molecule has 0 radical (unpaired) electrons. The lowest BCUT2D eigenvalue weighted by Crippen LogP contribution is -2.38. The van der Waals surface area contributed by atoms with Gasteiger partial charge in [-0.3, -0.25) is 4.79 Å². The molecule has 0 aromatic carbocycles. The third-order valence-corrected chi connectivity index (χ3v) is 4.26. The number of ketones is 1. The zero-order valence-corrected chi connectivity index (χ0v) is 15.5. The van der Waals surface area contributed by atoms with E-state index < -0.39 is 0 Å². The van der Waals surface area contributed by atoms with Gasteiger partial charge in [-0.2, -0.15) is 0 Å². The van der Waals surface area contributed by atoms with Crippen LogP contribution in [0.1, 0.15) is 33.1 Å². The van der Waals surface area contributed by atoms with Gasteiger partial charge in [-0.25, -0.2) is 0 Å². The quantitative estimate of drug-likeness (QED) is 0.422. The molecule has 6 heteroatoms. The van der Waals surface area contributed by atoms with Crippen LogP contribution in [0.15, 0.2) is 0 Å². The fourth-order valence-corrected chi connectivity index (χ4v) is 2.76. The number of carbonyl (C=O) groups is 1. The predicted molar refractivity (Wildman–Crippen MR) is 93.4 cm³/mol. The maximum Gasteiger partial charge on any atom is 0.135 e. The van der Waals surface area contributed by atoms with Crippen LogP contribution >= 0.6 is 0 Å². The molecule has 24 heavy (non-hydrogen) atoms. The number of nitrogens with zero attached hydrogens (tertiary/aromatic N) is 1. The monoisotopic (exact) mass is 345 g/mol. The Morgan fingerprint density at radius 3 is 1.83 bits per heavy atom. The minimum atomic E-state index is 0.288. The standard InChI is InChI=1S/C18H35NO5/c1-3-18(20)17-5-7-19(8-6-17)9-10-22-13-14-24-16-15-23-12-11-21-4-2/h17H,3-16H2,1-2H3. The van der Waals surface area contributed by atoms with Crippen LogP contribution in [0.5, 0.6) is 0 Å². The number of carbonyl (C=O) groups excluding carboxylic acids is 1. The van der Waals surface area contributed by atoms with Gasteiger partial charge in [0.05, 0.1) is 46.2 Å². The number of piperidine rings is 1. The summed E-state index contributed by atoms with van der Waals surface area (Å²) in [4.78, 5) is 14.1. The molecule has 1 saturated heterocycles. The third kappa shape index (κ3) is 10.4. The molecule has 1 aliphatic rings. The molecule has 0 spiro atoms. The van der Waals surface area contributed by atoms with Gasteiger partial charge in [0.25, 0.3) is 0 Å². The van der Waals surface area contributed by atoms with Crippen LogP contribution < -0.4 is 0 Å². The summed E-state index contributed by atoms with van der Waals surface area (Å²) in [6.07, 6.45) is 2.67. The van der Waals surface area contributed by atoms with E-state index in [1.807, 2.05) is 13.8 Å². The molecule has 142 valence electrons. The van der Waals surface area contributed by atoms with Crippen molar-refractivity contribution in [3.8, 4) is 0 Å². The lowest BCUT2D eigenvalue weighted by molar-refractivity contribution is -0.124. The van der Waals surface area contributed by atoms with E-state index in [9.17, 15) is 4.79 Å². The van der Waals surface area contributed by atoms with E-state index in [0.717, 1.165) is 45.7 Å². The normalized spacial score (nSPS) is 16.6. The van der Waals surface area contributed by atoms with Crippen molar-refractivity contribution in [3.05, 3.63) is 0 Å². The van der Waals surface area contributed by atoms with Crippen molar-refractivity contribution >= 4 is 5.78 Å². The lowest BCUT2D eigenvalue weighted by Gasteiger charge is -2.30. The highest BCUT2D eigenvalue weighted by molar-refractivity contribution is 5.80. The molecule has 0 N–H and O–H groups in total. The minimum Gasteiger partial charge on any atom is -0.379 e. The maximum absolute atomic E-state index is 11.7. The number of ether oxygens (including phenoxy) is 4. The first kappa shape index (κ1) is 21.5. The molecule has 1 aliphatic heterocycles. The molecule has 0 atom stereocenters. The average molecular weight is 345 g/mol. The molecule has 1 heterocycles. The minimum absolute atomic E-state index is 0.288. The molecule has 0 aromatic heterocycles. The van der Waals surface area contributed by atoms with Gasteiger partial charge in [0.2, 0.25) is 0 Å². The van der Waals surface area contributed by atoms with E-state index in [-0.39, 0.29) is 5.92 Å². The third-order valence-electron chi connectivity index (χ3n) is 4.26. The fourth-order valence-electron chi connectivity index (χ4n) is 2.76. The van der Waals surface area contributed by atoms with Gasteiger partial charge in [0, 0.05) is 25.5 Å². The van der Waals surface area contributed by atoms with E-state index in [0.29, 0.717) is 51.8 Å². The molecule has 0 amide bonds. The van der Waals surface area contributed by atoms with E-state index in [1.54, 1.807) is 0 Å². The second-order valence-electron chi connectivity index (χ2n) is 5.97. The Kier molecular flexibility index (Phi) is 13.3. The van der Waals surface area contributed by atoms with Crippen LogP contribution in [-0.4, -0.2) is 83.2 Å². The van der Waals surface area contributed by atoms with Crippen LogP contribution in [0.3, 0.4) is 0 Å². The maximum atomic E-state index is 11.7. The first-order valence-electron chi connectivity index (χ1n) is 9.34. The van der Waals surface area contributed by atoms with Gasteiger partial charge < -0.3 is 23.8 Å². The van der Waals surface area contributed by atoms with Gasteiger partial charge in [0.15, 0.2) is 0 Å². The van der Waals surface area contributed by atoms with Crippen LogP contribution in [0.2, 0.25) is 0 Å². The van der Waals surface area contributed by atoms with Crippen LogP contribution in [0.4, 0.5) is 0 Å². The molecule has 0 aromatic rings. The van der Waals surface area contributed by atoms with E-state index in [1.165, 1.54) is 0 Å². The summed E-state index contributed by atoms with van der Waals surface area (Å²) in [5.74, 6) is 0.709. The highest BCUT2D eigenvalue weighted by atomic mass is 16.6. The zero-order chi connectivity index (χ0) is 17.5. The second kappa shape index (κ2) is 14.8. The predicted octanol–water partition coefficient (Wildman–Crippen LogP) is 1.76. The zero-order valence-electron chi connectivity index (χ0n) is 15.5. The first-order valence-corrected chi connectivity index (χ1v) is 9.34. The lowest BCUT2D eigenvalue weighted by atomic mass is 9.91. The average Bonchev–Trinajstić information content (AvgIpc) is 2.62. The molecule has 0 bridgehead atoms. The van der Waals surface area contributed by atoms with Crippen molar-refractivity contribution in [1.82, 2.24) is 4.90 Å². The number of hydrogen-bond donors (Lipinski definition) is 0. The summed E-state index contributed by atoms with van der Waals surface area (Å²) < 4.78 is 21.6. The van der Waals surface area contributed by atoms with Gasteiger partial charge in [-0.05, 0) is 32.9 Å². The fraction of sp³-hybridized carbons (Fsp3) is 0.944. The van der Waals surface area contributed by atoms with Crippen LogP contribution in [0, 0.1) is 5.92 Å².